The minimum absolute atomic E-state index is 0.362. The third-order valence-corrected chi connectivity index (χ3v) is 2.72. The first kappa shape index (κ1) is 14.4. The summed E-state index contributed by atoms with van der Waals surface area (Å²) in [5, 5.41) is 4.47. The van der Waals surface area contributed by atoms with Crippen LogP contribution in [0.5, 0.6) is 0 Å². The van der Waals surface area contributed by atoms with Gasteiger partial charge in [0, 0.05) is 5.02 Å². The van der Waals surface area contributed by atoms with Gasteiger partial charge in [-0.05, 0) is 42.0 Å². The fraction of sp³-hybridized carbons (Fsp3) is 0.0714. The van der Waals surface area contributed by atoms with Crippen molar-refractivity contribution in [2.75, 3.05) is 5.43 Å². The van der Waals surface area contributed by atoms with Crippen LogP contribution in [-0.2, 0) is 6.18 Å². The number of halogens is 4. The lowest BCUT2D eigenvalue weighted by Gasteiger charge is -2.06. The number of rotatable bonds is 3. The summed E-state index contributed by atoms with van der Waals surface area (Å²) in [4.78, 5) is 0. The van der Waals surface area contributed by atoms with Crippen molar-refractivity contribution in [2.45, 2.75) is 6.18 Å². The first-order valence-electron chi connectivity index (χ1n) is 5.67. The monoisotopic (exact) mass is 298 g/mol. The predicted octanol–water partition coefficient (Wildman–Crippen LogP) is 4.80. The molecule has 1 N–H and O–H groups in total. The average molecular weight is 299 g/mol. The van der Waals surface area contributed by atoms with E-state index in [-0.39, 0.29) is 0 Å². The summed E-state index contributed by atoms with van der Waals surface area (Å²) in [6, 6.07) is 11.7. The van der Waals surface area contributed by atoms with Gasteiger partial charge in [-0.2, -0.15) is 18.3 Å². The molecule has 0 saturated heterocycles. The standard InChI is InChI=1S/C14H10ClF3N2/c15-12-4-6-13(7-5-12)20-19-9-10-2-1-3-11(8-10)14(16,17)18/h1-9,20H/b19-9+. The van der Waals surface area contributed by atoms with Crippen molar-refractivity contribution < 1.29 is 13.2 Å². The average Bonchev–Trinajstić information content (AvgIpc) is 2.40. The molecule has 0 aliphatic rings. The Labute approximate surface area is 118 Å². The number of alkyl halides is 3. The third-order valence-electron chi connectivity index (χ3n) is 2.47. The molecule has 0 radical (unpaired) electrons. The molecule has 2 aromatic rings. The van der Waals surface area contributed by atoms with E-state index in [0.29, 0.717) is 16.3 Å². The Morgan fingerprint density at radius 2 is 1.75 bits per heavy atom. The Kier molecular flexibility index (Phi) is 4.29. The lowest BCUT2D eigenvalue weighted by atomic mass is 10.1. The van der Waals surface area contributed by atoms with E-state index in [1.54, 1.807) is 30.3 Å². The van der Waals surface area contributed by atoms with E-state index in [1.807, 2.05) is 0 Å². The number of nitrogens with one attached hydrogen (secondary N) is 1. The maximum Gasteiger partial charge on any atom is 0.416 e. The van der Waals surface area contributed by atoms with Crippen LogP contribution in [0.1, 0.15) is 11.1 Å². The first-order chi connectivity index (χ1) is 9.45. The second kappa shape index (κ2) is 5.96. The van der Waals surface area contributed by atoms with E-state index in [9.17, 15) is 13.2 Å². The summed E-state index contributed by atoms with van der Waals surface area (Å²) in [5.74, 6) is 0. The molecule has 0 saturated carbocycles. The maximum absolute atomic E-state index is 12.5. The molecule has 0 atom stereocenters. The Bertz CT molecular complexity index is 607. The summed E-state index contributed by atoms with van der Waals surface area (Å²) < 4.78 is 37.6. The zero-order chi connectivity index (χ0) is 14.6. The number of benzene rings is 2. The summed E-state index contributed by atoms with van der Waals surface area (Å²) in [6.07, 6.45) is -3.03. The van der Waals surface area contributed by atoms with Crippen LogP contribution in [0, 0.1) is 0 Å². The van der Waals surface area contributed by atoms with Crippen molar-refractivity contribution in [2.24, 2.45) is 5.10 Å². The van der Waals surface area contributed by atoms with E-state index in [1.165, 1.54) is 12.3 Å². The molecule has 0 heterocycles. The molecule has 0 unspecified atom stereocenters. The van der Waals surface area contributed by atoms with Crippen molar-refractivity contribution in [3.8, 4) is 0 Å². The summed E-state index contributed by atoms with van der Waals surface area (Å²) in [6.45, 7) is 0. The second-order valence-corrected chi connectivity index (χ2v) is 4.44. The van der Waals surface area contributed by atoms with Crippen LogP contribution in [0.3, 0.4) is 0 Å². The van der Waals surface area contributed by atoms with Gasteiger partial charge in [-0.1, -0.05) is 23.7 Å². The van der Waals surface area contributed by atoms with Crippen LogP contribution in [0.25, 0.3) is 0 Å². The molecule has 2 aromatic carbocycles. The fourth-order valence-corrected chi connectivity index (χ4v) is 1.63. The van der Waals surface area contributed by atoms with Crippen LogP contribution in [0.15, 0.2) is 53.6 Å². The number of nitrogens with zero attached hydrogens (tertiary/aromatic N) is 1. The van der Waals surface area contributed by atoms with Gasteiger partial charge < -0.3 is 0 Å². The van der Waals surface area contributed by atoms with Gasteiger partial charge in [-0.3, -0.25) is 5.43 Å². The first-order valence-corrected chi connectivity index (χ1v) is 6.05. The quantitative estimate of drug-likeness (QED) is 0.638. The van der Waals surface area contributed by atoms with Gasteiger partial charge in [-0.15, -0.1) is 0 Å². The lowest BCUT2D eigenvalue weighted by Crippen LogP contribution is -2.05. The second-order valence-electron chi connectivity index (χ2n) is 4.00. The van der Waals surface area contributed by atoms with E-state index < -0.39 is 11.7 Å². The summed E-state index contributed by atoms with van der Waals surface area (Å²) >= 11 is 5.73. The van der Waals surface area contributed by atoms with Crippen LogP contribution >= 0.6 is 11.6 Å². The molecule has 0 aliphatic carbocycles. The minimum atomic E-state index is -4.35. The maximum atomic E-state index is 12.5. The van der Waals surface area contributed by atoms with Gasteiger partial charge in [-0.25, -0.2) is 0 Å². The minimum Gasteiger partial charge on any atom is -0.279 e. The molecule has 0 fully saturated rings. The Balaban J connectivity index is 2.06. The lowest BCUT2D eigenvalue weighted by molar-refractivity contribution is -0.137. The largest absolute Gasteiger partial charge is 0.416 e. The van der Waals surface area contributed by atoms with E-state index in [2.05, 4.69) is 10.5 Å². The molecule has 20 heavy (non-hydrogen) atoms. The number of hydrazone groups is 1. The Morgan fingerprint density at radius 3 is 2.40 bits per heavy atom. The smallest absolute Gasteiger partial charge is 0.279 e. The molecule has 0 aromatic heterocycles. The highest BCUT2D eigenvalue weighted by atomic mass is 35.5. The molecule has 2 rings (SSSR count). The van der Waals surface area contributed by atoms with Gasteiger partial charge in [0.1, 0.15) is 0 Å². The van der Waals surface area contributed by atoms with Crippen molar-refractivity contribution in [1.29, 1.82) is 0 Å². The molecule has 0 amide bonds. The van der Waals surface area contributed by atoms with Crippen LogP contribution in [0.4, 0.5) is 18.9 Å². The third kappa shape index (κ3) is 3.99. The van der Waals surface area contributed by atoms with Gasteiger partial charge in [0.2, 0.25) is 0 Å². The van der Waals surface area contributed by atoms with E-state index in [0.717, 1.165) is 12.1 Å². The molecular formula is C14H10ClF3N2. The van der Waals surface area contributed by atoms with Crippen molar-refractivity contribution in [3.05, 3.63) is 64.7 Å². The highest BCUT2D eigenvalue weighted by molar-refractivity contribution is 6.30. The van der Waals surface area contributed by atoms with Gasteiger partial charge in [0.15, 0.2) is 0 Å². The highest BCUT2D eigenvalue weighted by Gasteiger charge is 2.30. The molecule has 2 nitrogen and oxygen atoms in total. The molecule has 0 bridgehead atoms. The van der Waals surface area contributed by atoms with Crippen LogP contribution < -0.4 is 5.43 Å². The van der Waals surface area contributed by atoms with E-state index in [4.69, 9.17) is 11.6 Å². The molecular weight excluding hydrogens is 289 g/mol. The number of hydrogen-bond acceptors (Lipinski definition) is 2. The van der Waals surface area contributed by atoms with Crippen molar-refractivity contribution in [1.82, 2.24) is 0 Å². The normalized spacial score (nSPS) is 11.8. The zero-order valence-corrected chi connectivity index (χ0v) is 10.9. The Hall–Kier alpha value is -2.01. The predicted molar refractivity (Wildman–Crippen MR) is 74.1 cm³/mol. The molecule has 0 spiro atoms. The van der Waals surface area contributed by atoms with Crippen molar-refractivity contribution >= 4 is 23.5 Å². The number of anilines is 1. The molecule has 104 valence electrons. The van der Waals surface area contributed by atoms with Crippen LogP contribution in [0.2, 0.25) is 5.02 Å². The van der Waals surface area contributed by atoms with Gasteiger partial charge in [0.25, 0.3) is 0 Å². The van der Waals surface area contributed by atoms with Gasteiger partial charge >= 0.3 is 6.18 Å². The van der Waals surface area contributed by atoms with Gasteiger partial charge in [0.05, 0.1) is 17.5 Å². The molecule has 0 aliphatic heterocycles. The van der Waals surface area contributed by atoms with Crippen LogP contribution in [-0.4, -0.2) is 6.21 Å². The fourth-order valence-electron chi connectivity index (χ4n) is 1.50. The SMILES string of the molecule is FC(F)(F)c1cccc(/C=N/Nc2ccc(Cl)cc2)c1. The van der Waals surface area contributed by atoms with Crippen molar-refractivity contribution in [3.63, 3.8) is 0 Å². The Morgan fingerprint density at radius 1 is 1.05 bits per heavy atom. The highest BCUT2D eigenvalue weighted by Crippen LogP contribution is 2.29. The molecule has 6 heteroatoms. The summed E-state index contributed by atoms with van der Waals surface area (Å²) in [7, 11) is 0. The topological polar surface area (TPSA) is 24.4 Å². The number of hydrogen-bond donors (Lipinski definition) is 1. The van der Waals surface area contributed by atoms with E-state index >= 15 is 0 Å². The summed E-state index contributed by atoms with van der Waals surface area (Å²) in [5.41, 5.74) is 3.06. The zero-order valence-electron chi connectivity index (χ0n) is 10.2.